The zero-order valence-electron chi connectivity index (χ0n) is 11.6. The molecule has 0 aromatic carbocycles. The summed E-state index contributed by atoms with van der Waals surface area (Å²) in [6, 6.07) is 0.159. The van der Waals surface area contributed by atoms with Gasteiger partial charge in [-0.15, -0.1) is 6.42 Å². The number of carbonyl (C=O) groups excluding carboxylic acids is 1. The maximum atomic E-state index is 11.0. The summed E-state index contributed by atoms with van der Waals surface area (Å²) >= 11 is 0. The fourth-order valence-electron chi connectivity index (χ4n) is 1.35. The van der Waals surface area contributed by atoms with Crippen LogP contribution in [0, 0.1) is 18.3 Å². The second-order valence-corrected chi connectivity index (χ2v) is 3.71. The summed E-state index contributed by atoms with van der Waals surface area (Å²) in [7, 11) is 0. The fraction of sp³-hybridized carbons (Fsp3) is 0.786. The van der Waals surface area contributed by atoms with Crippen molar-refractivity contribution in [3.63, 3.8) is 0 Å². The van der Waals surface area contributed by atoms with Gasteiger partial charge in [-0.2, -0.15) is 0 Å². The molecule has 17 heavy (non-hydrogen) atoms. The summed E-state index contributed by atoms with van der Waals surface area (Å²) in [6.45, 7) is 8.50. The highest BCUT2D eigenvalue weighted by molar-refractivity contribution is 5.80. The Labute approximate surface area is 106 Å². The van der Waals surface area contributed by atoms with Gasteiger partial charge in [0.2, 0.25) is 0 Å². The molecular formula is C14H27NO2. The largest absolute Gasteiger partial charge is 0.395 e. The van der Waals surface area contributed by atoms with Gasteiger partial charge in [0.05, 0.1) is 12.5 Å². The predicted octanol–water partition coefficient (Wildman–Crippen LogP) is 1.99. The molecule has 0 bridgehead atoms. The second kappa shape index (κ2) is 13.2. The molecule has 0 amide bonds. The van der Waals surface area contributed by atoms with E-state index in [-0.39, 0.29) is 24.3 Å². The van der Waals surface area contributed by atoms with Gasteiger partial charge < -0.3 is 10.4 Å². The van der Waals surface area contributed by atoms with Crippen LogP contribution in [-0.4, -0.2) is 30.1 Å². The highest BCUT2D eigenvalue weighted by Crippen LogP contribution is 2.05. The summed E-state index contributed by atoms with van der Waals surface area (Å²) < 4.78 is 0. The third-order valence-electron chi connectivity index (χ3n) is 2.51. The Kier molecular flexibility index (Phi) is 14.4. The van der Waals surface area contributed by atoms with Crippen molar-refractivity contribution in [1.29, 1.82) is 0 Å². The normalized spacial score (nSPS) is 12.9. The van der Waals surface area contributed by atoms with Crippen molar-refractivity contribution >= 4 is 5.78 Å². The van der Waals surface area contributed by atoms with Crippen LogP contribution in [0.1, 0.15) is 47.0 Å². The first-order valence-electron chi connectivity index (χ1n) is 6.46. The van der Waals surface area contributed by atoms with Crippen LogP contribution < -0.4 is 5.32 Å². The van der Waals surface area contributed by atoms with E-state index in [2.05, 4.69) is 11.2 Å². The van der Waals surface area contributed by atoms with Gasteiger partial charge in [0.1, 0.15) is 5.78 Å². The van der Waals surface area contributed by atoms with Gasteiger partial charge in [-0.3, -0.25) is 4.79 Å². The van der Waals surface area contributed by atoms with E-state index in [1.54, 1.807) is 0 Å². The van der Waals surface area contributed by atoms with Crippen LogP contribution in [0.3, 0.4) is 0 Å². The van der Waals surface area contributed by atoms with E-state index in [0.29, 0.717) is 0 Å². The van der Waals surface area contributed by atoms with Gasteiger partial charge >= 0.3 is 0 Å². The molecule has 1 unspecified atom stereocenters. The summed E-state index contributed by atoms with van der Waals surface area (Å²) in [5.41, 5.74) is 0. The molecule has 0 spiro atoms. The van der Waals surface area contributed by atoms with Crippen molar-refractivity contribution in [3.05, 3.63) is 0 Å². The molecule has 0 rings (SSSR count). The first kappa shape index (κ1) is 18.5. The predicted molar refractivity (Wildman–Crippen MR) is 72.8 cm³/mol. The zero-order chi connectivity index (χ0) is 13.7. The fourth-order valence-corrected chi connectivity index (χ4v) is 1.35. The molecule has 100 valence electrons. The van der Waals surface area contributed by atoms with E-state index in [0.717, 1.165) is 25.8 Å². The first-order valence-corrected chi connectivity index (χ1v) is 6.46. The molecule has 0 radical (unpaired) electrons. The maximum Gasteiger partial charge on any atom is 0.144 e. The average Bonchev–Trinajstić information content (AvgIpc) is 2.36. The molecule has 0 saturated carbocycles. The van der Waals surface area contributed by atoms with Crippen LogP contribution in [0.15, 0.2) is 0 Å². The van der Waals surface area contributed by atoms with Crippen LogP contribution in [0.5, 0.6) is 0 Å². The van der Waals surface area contributed by atoms with E-state index in [1.807, 2.05) is 20.8 Å². The van der Waals surface area contributed by atoms with Crippen LogP contribution >= 0.6 is 0 Å². The number of aliphatic hydroxyl groups is 1. The minimum Gasteiger partial charge on any atom is -0.395 e. The van der Waals surface area contributed by atoms with Crippen molar-refractivity contribution in [2.24, 2.45) is 5.92 Å². The van der Waals surface area contributed by atoms with Crippen molar-refractivity contribution in [1.82, 2.24) is 5.32 Å². The Morgan fingerprint density at radius 3 is 2.41 bits per heavy atom. The molecule has 3 heteroatoms. The lowest BCUT2D eigenvalue weighted by atomic mass is 10.0. The summed E-state index contributed by atoms with van der Waals surface area (Å²) in [6.07, 6.45) is 7.73. The third kappa shape index (κ3) is 10.0. The highest BCUT2D eigenvalue weighted by atomic mass is 16.3. The molecule has 3 nitrogen and oxygen atoms in total. The Balaban J connectivity index is 0. The minimum absolute atomic E-state index is 0.0618. The van der Waals surface area contributed by atoms with Gasteiger partial charge in [0, 0.05) is 6.04 Å². The lowest BCUT2D eigenvalue weighted by molar-refractivity contribution is -0.119. The molecule has 0 fully saturated rings. The van der Waals surface area contributed by atoms with Crippen molar-refractivity contribution < 1.29 is 9.90 Å². The van der Waals surface area contributed by atoms with E-state index in [4.69, 9.17) is 11.5 Å². The van der Waals surface area contributed by atoms with Crippen molar-refractivity contribution in [2.45, 2.75) is 53.0 Å². The Morgan fingerprint density at radius 1 is 1.47 bits per heavy atom. The smallest absolute Gasteiger partial charge is 0.144 e. The van der Waals surface area contributed by atoms with E-state index in [9.17, 15) is 4.79 Å². The van der Waals surface area contributed by atoms with Crippen LogP contribution in [-0.2, 0) is 4.79 Å². The Bertz CT molecular complexity index is 217. The zero-order valence-corrected chi connectivity index (χ0v) is 11.6. The van der Waals surface area contributed by atoms with Gasteiger partial charge in [-0.25, -0.2) is 0 Å². The molecule has 0 aromatic heterocycles. The van der Waals surface area contributed by atoms with Gasteiger partial charge in [0.25, 0.3) is 0 Å². The second-order valence-electron chi connectivity index (χ2n) is 3.71. The van der Waals surface area contributed by atoms with E-state index < -0.39 is 0 Å². The Hall–Kier alpha value is -0.850. The SMILES string of the molecule is C#C[C@@H](CCCNC(CC)CO)C(C)=O.CC. The van der Waals surface area contributed by atoms with E-state index >= 15 is 0 Å². The number of nitrogens with one attached hydrogen (secondary N) is 1. The van der Waals surface area contributed by atoms with Gasteiger partial charge in [-0.1, -0.05) is 26.7 Å². The molecule has 0 aromatic rings. The summed E-state index contributed by atoms with van der Waals surface area (Å²) in [5, 5.41) is 12.1. The number of hydrogen-bond acceptors (Lipinski definition) is 3. The van der Waals surface area contributed by atoms with Crippen LogP contribution in [0.25, 0.3) is 0 Å². The van der Waals surface area contributed by atoms with E-state index in [1.165, 1.54) is 6.92 Å². The molecule has 0 aliphatic heterocycles. The minimum atomic E-state index is -0.249. The van der Waals surface area contributed by atoms with Crippen molar-refractivity contribution in [2.75, 3.05) is 13.2 Å². The summed E-state index contributed by atoms with van der Waals surface area (Å²) in [5.74, 6) is 2.30. The number of aliphatic hydroxyl groups excluding tert-OH is 1. The number of rotatable bonds is 8. The molecule has 2 atom stereocenters. The Morgan fingerprint density at radius 2 is 2.06 bits per heavy atom. The standard InChI is InChI=1S/C12H21NO2.C2H6/c1-4-11(10(3)15)7-6-8-13-12(5-2)9-14;1-2/h1,11-14H,5-9H2,2-3H3;1-2H3/t11-,12?;/m0./s1. The van der Waals surface area contributed by atoms with Gasteiger partial charge in [-0.05, 0) is 32.7 Å². The number of ketones is 1. The number of Topliss-reactive ketones (excluding diaryl/α,β-unsaturated/α-hetero) is 1. The molecule has 0 aliphatic rings. The molecular weight excluding hydrogens is 214 g/mol. The van der Waals surface area contributed by atoms with Crippen LogP contribution in [0.2, 0.25) is 0 Å². The monoisotopic (exact) mass is 241 g/mol. The quantitative estimate of drug-likeness (QED) is 0.505. The highest BCUT2D eigenvalue weighted by Gasteiger charge is 2.10. The lowest BCUT2D eigenvalue weighted by Crippen LogP contribution is -2.32. The number of hydrogen-bond donors (Lipinski definition) is 2. The first-order chi connectivity index (χ1) is 8.15. The number of carbonyl (C=O) groups is 1. The number of terminal acetylenes is 1. The molecule has 0 saturated heterocycles. The molecule has 0 heterocycles. The van der Waals surface area contributed by atoms with Gasteiger partial charge in [0.15, 0.2) is 0 Å². The van der Waals surface area contributed by atoms with Crippen molar-refractivity contribution in [3.8, 4) is 12.3 Å². The van der Waals surface area contributed by atoms with Crippen LogP contribution in [0.4, 0.5) is 0 Å². The summed E-state index contributed by atoms with van der Waals surface area (Å²) in [4.78, 5) is 11.0. The topological polar surface area (TPSA) is 49.3 Å². The third-order valence-corrected chi connectivity index (χ3v) is 2.51. The molecule has 2 N–H and O–H groups in total. The molecule has 0 aliphatic carbocycles. The maximum absolute atomic E-state index is 11.0. The average molecular weight is 241 g/mol. The lowest BCUT2D eigenvalue weighted by Gasteiger charge is -2.14.